The maximum Gasteiger partial charge on any atom is 0.269 e. The van der Waals surface area contributed by atoms with Crippen molar-refractivity contribution < 1.29 is 10.0 Å². The first-order valence-corrected chi connectivity index (χ1v) is 9.98. The second-order valence-corrected chi connectivity index (χ2v) is 7.92. The fourth-order valence-corrected chi connectivity index (χ4v) is 4.38. The van der Waals surface area contributed by atoms with E-state index in [1.165, 1.54) is 29.7 Å². The molecular formula is C17H12Br2N4O3S. The lowest BCUT2D eigenvalue weighted by Crippen LogP contribution is -2.11. The lowest BCUT2D eigenvalue weighted by molar-refractivity contribution is -0.384. The van der Waals surface area contributed by atoms with Crippen molar-refractivity contribution >= 4 is 55.1 Å². The number of rotatable bonds is 4. The van der Waals surface area contributed by atoms with Gasteiger partial charge in [0.2, 0.25) is 4.80 Å². The predicted molar refractivity (Wildman–Crippen MR) is 112 cm³/mol. The summed E-state index contributed by atoms with van der Waals surface area (Å²) in [5.41, 5.74) is 2.05. The van der Waals surface area contributed by atoms with Gasteiger partial charge in [-0.25, -0.2) is 4.68 Å². The van der Waals surface area contributed by atoms with E-state index in [2.05, 4.69) is 42.0 Å². The summed E-state index contributed by atoms with van der Waals surface area (Å²) < 4.78 is 2.96. The van der Waals surface area contributed by atoms with Gasteiger partial charge in [0, 0.05) is 40.2 Å². The monoisotopic (exact) mass is 510 g/mol. The molecule has 0 bridgehead atoms. The Labute approximate surface area is 174 Å². The molecule has 0 atom stereocenters. The van der Waals surface area contributed by atoms with E-state index in [1.54, 1.807) is 36.0 Å². The molecule has 1 aromatic heterocycles. The Kier molecular flexibility index (Phi) is 5.88. The zero-order valence-corrected chi connectivity index (χ0v) is 17.8. The summed E-state index contributed by atoms with van der Waals surface area (Å²) >= 11 is 8.07. The van der Waals surface area contributed by atoms with Crippen LogP contribution in [0.2, 0.25) is 0 Å². The average Bonchev–Trinajstić information content (AvgIpc) is 3.06. The Bertz CT molecular complexity index is 1100. The molecule has 0 radical (unpaired) electrons. The Balaban J connectivity index is 2.06. The van der Waals surface area contributed by atoms with Crippen LogP contribution in [0.4, 0.5) is 5.69 Å². The summed E-state index contributed by atoms with van der Waals surface area (Å²) in [6.45, 7) is 0. The first-order chi connectivity index (χ1) is 12.9. The highest BCUT2D eigenvalue weighted by Crippen LogP contribution is 2.31. The highest BCUT2D eigenvalue weighted by molar-refractivity contribution is 9.11. The molecular weight excluding hydrogens is 500 g/mol. The summed E-state index contributed by atoms with van der Waals surface area (Å²) in [5.74, 6) is 0.0738. The number of aromatic hydroxyl groups is 1. The normalized spacial score (nSPS) is 12.0. The van der Waals surface area contributed by atoms with Gasteiger partial charge in [0.1, 0.15) is 5.75 Å². The number of benzene rings is 2. The van der Waals surface area contributed by atoms with Gasteiger partial charge in [-0.05, 0) is 40.2 Å². The molecule has 3 aromatic rings. The van der Waals surface area contributed by atoms with Crippen molar-refractivity contribution in [1.82, 2.24) is 4.68 Å². The van der Waals surface area contributed by atoms with Crippen LogP contribution >= 0.6 is 43.2 Å². The number of phenolic OH excluding ortho intramolecular Hbond substituents is 1. The molecule has 10 heteroatoms. The molecule has 138 valence electrons. The maximum absolute atomic E-state index is 10.8. The molecule has 0 aliphatic carbocycles. The van der Waals surface area contributed by atoms with Crippen molar-refractivity contribution in [3.8, 4) is 17.0 Å². The highest BCUT2D eigenvalue weighted by Gasteiger charge is 2.11. The predicted octanol–water partition coefficient (Wildman–Crippen LogP) is 4.77. The summed E-state index contributed by atoms with van der Waals surface area (Å²) in [4.78, 5) is 15.3. The molecule has 2 aromatic carbocycles. The van der Waals surface area contributed by atoms with E-state index >= 15 is 0 Å². The number of aromatic nitrogens is 1. The van der Waals surface area contributed by atoms with Crippen molar-refractivity contribution in [1.29, 1.82) is 0 Å². The first-order valence-electron chi connectivity index (χ1n) is 7.51. The number of nitrogens with zero attached hydrogens (tertiary/aromatic N) is 4. The van der Waals surface area contributed by atoms with Gasteiger partial charge in [0.25, 0.3) is 5.69 Å². The van der Waals surface area contributed by atoms with Crippen molar-refractivity contribution in [2.75, 3.05) is 7.05 Å². The van der Waals surface area contributed by atoms with E-state index in [0.717, 1.165) is 15.7 Å². The largest absolute Gasteiger partial charge is 0.506 e. The van der Waals surface area contributed by atoms with Crippen LogP contribution in [0.25, 0.3) is 11.3 Å². The van der Waals surface area contributed by atoms with Crippen LogP contribution in [0.1, 0.15) is 5.56 Å². The minimum absolute atomic E-state index is 0.0216. The summed E-state index contributed by atoms with van der Waals surface area (Å²) in [6.07, 6.45) is 1.53. The SMILES string of the molecule is CN=c1scc(-c2ccc([N+](=O)[O-])cc2)n1N=Cc1cc(Br)cc(Br)c1O. The van der Waals surface area contributed by atoms with E-state index in [4.69, 9.17) is 0 Å². The maximum atomic E-state index is 10.8. The van der Waals surface area contributed by atoms with Gasteiger partial charge >= 0.3 is 0 Å². The minimum Gasteiger partial charge on any atom is -0.506 e. The van der Waals surface area contributed by atoms with Gasteiger partial charge in [0.15, 0.2) is 0 Å². The fourth-order valence-electron chi connectivity index (χ4n) is 2.32. The lowest BCUT2D eigenvalue weighted by atomic mass is 10.1. The lowest BCUT2D eigenvalue weighted by Gasteiger charge is -2.05. The van der Waals surface area contributed by atoms with Crippen LogP contribution in [-0.2, 0) is 0 Å². The van der Waals surface area contributed by atoms with Crippen LogP contribution in [0.3, 0.4) is 0 Å². The third-order valence-corrected chi connectivity index (χ3v) is 5.59. The Morgan fingerprint density at radius 1 is 1.26 bits per heavy atom. The van der Waals surface area contributed by atoms with Crippen LogP contribution in [-0.4, -0.2) is 28.0 Å². The second kappa shape index (κ2) is 8.15. The molecule has 3 rings (SSSR count). The van der Waals surface area contributed by atoms with Gasteiger partial charge < -0.3 is 5.11 Å². The third kappa shape index (κ3) is 4.18. The van der Waals surface area contributed by atoms with Gasteiger partial charge in [-0.1, -0.05) is 15.9 Å². The van der Waals surface area contributed by atoms with E-state index in [9.17, 15) is 15.2 Å². The molecule has 0 aliphatic rings. The van der Waals surface area contributed by atoms with E-state index in [-0.39, 0.29) is 11.4 Å². The van der Waals surface area contributed by atoms with Crippen LogP contribution in [0.5, 0.6) is 5.75 Å². The Morgan fingerprint density at radius 3 is 2.59 bits per heavy atom. The Hall–Kier alpha value is -2.30. The molecule has 0 aliphatic heterocycles. The summed E-state index contributed by atoms with van der Waals surface area (Å²) in [5, 5.41) is 27.4. The summed E-state index contributed by atoms with van der Waals surface area (Å²) in [6, 6.07) is 9.70. The number of hydrogen-bond acceptors (Lipinski definition) is 6. The molecule has 0 saturated heterocycles. The molecule has 7 nitrogen and oxygen atoms in total. The number of phenols is 1. The van der Waals surface area contributed by atoms with Gasteiger partial charge in [-0.3, -0.25) is 15.1 Å². The number of nitro benzene ring substituents is 1. The second-order valence-electron chi connectivity index (χ2n) is 5.31. The van der Waals surface area contributed by atoms with Crippen LogP contribution in [0.15, 0.2) is 60.8 Å². The Morgan fingerprint density at radius 2 is 1.96 bits per heavy atom. The highest BCUT2D eigenvalue weighted by atomic mass is 79.9. The molecule has 0 amide bonds. The van der Waals surface area contributed by atoms with Gasteiger partial charge in [0.05, 0.1) is 21.3 Å². The molecule has 27 heavy (non-hydrogen) atoms. The van der Waals surface area contributed by atoms with Gasteiger partial charge in [-0.15, -0.1) is 11.3 Å². The number of thiazole rings is 1. The quantitative estimate of drug-likeness (QED) is 0.310. The molecule has 0 unspecified atom stereocenters. The number of hydrogen-bond donors (Lipinski definition) is 1. The molecule has 1 heterocycles. The van der Waals surface area contributed by atoms with Crippen molar-refractivity contribution in [2.45, 2.75) is 0 Å². The average molecular weight is 512 g/mol. The van der Waals surface area contributed by atoms with Crippen molar-refractivity contribution in [3.05, 3.63) is 71.2 Å². The number of halogens is 2. The fraction of sp³-hybridized carbons (Fsp3) is 0.0588. The van der Waals surface area contributed by atoms with Crippen molar-refractivity contribution in [3.63, 3.8) is 0 Å². The van der Waals surface area contributed by atoms with E-state index in [0.29, 0.717) is 14.8 Å². The number of nitro groups is 1. The number of non-ortho nitro benzene ring substituents is 1. The van der Waals surface area contributed by atoms with Crippen molar-refractivity contribution in [2.24, 2.45) is 10.1 Å². The minimum atomic E-state index is -0.440. The van der Waals surface area contributed by atoms with Crippen LogP contribution < -0.4 is 4.80 Å². The zero-order chi connectivity index (χ0) is 19.6. The standard InChI is InChI=1S/C17H12Br2N4O3S/c1-20-17-22(21-8-11-6-12(18)7-14(19)16(11)24)15(9-27-17)10-2-4-13(5-3-10)23(25)26/h2-9,24H,1H3. The molecule has 1 N–H and O–H groups in total. The van der Waals surface area contributed by atoms with E-state index < -0.39 is 4.92 Å². The molecule has 0 fully saturated rings. The third-order valence-electron chi connectivity index (χ3n) is 3.62. The molecule has 0 spiro atoms. The summed E-state index contributed by atoms with van der Waals surface area (Å²) in [7, 11) is 1.66. The zero-order valence-electron chi connectivity index (χ0n) is 13.8. The van der Waals surface area contributed by atoms with Gasteiger partial charge in [-0.2, -0.15) is 5.10 Å². The smallest absolute Gasteiger partial charge is 0.269 e. The van der Waals surface area contributed by atoms with E-state index in [1.807, 2.05) is 5.38 Å². The van der Waals surface area contributed by atoms with Crippen LogP contribution in [0, 0.1) is 10.1 Å². The topological polar surface area (TPSA) is 93.0 Å². The first kappa shape index (κ1) is 19.5. The molecule has 0 saturated carbocycles.